The first kappa shape index (κ1) is 41.9. The molecule has 0 radical (unpaired) electrons. The van der Waals surface area contributed by atoms with Gasteiger partial charge in [0.05, 0.1) is 23.4 Å². The number of carbonyl (C=O) groups excluding carboxylic acids is 4. The van der Waals surface area contributed by atoms with Crippen molar-refractivity contribution in [1.82, 2.24) is 0 Å². The van der Waals surface area contributed by atoms with Gasteiger partial charge >= 0.3 is 17.9 Å². The number of esters is 3. The SMILES string of the molecule is C[C@H](C[C@H](OC(=O)C1CCCC1)[C@@H](OC(=O)C1CCCC1)C(C)(C)O)C1=C2C[C@H](OC(=O)C3CCCC3)[C@H]3[C@@]4(C)CCC(=O)C(C)(C)[C@@H]4CC[C@]3(C)[C@@]2(C)CC1. The molecular weight excluding hydrogens is 705 g/mol. The third kappa shape index (κ3) is 7.24. The molecule has 7 aliphatic carbocycles. The molecule has 8 nitrogen and oxygen atoms in total. The number of ketones is 1. The average molecular weight is 779 g/mol. The van der Waals surface area contributed by atoms with Gasteiger partial charge in [-0.3, -0.25) is 19.2 Å². The second kappa shape index (κ2) is 15.4. The number of allylic oxidation sites excluding steroid dienone is 1. The van der Waals surface area contributed by atoms with Crippen LogP contribution >= 0.6 is 0 Å². The Morgan fingerprint density at radius 2 is 1.29 bits per heavy atom. The average Bonchev–Trinajstić information content (AvgIpc) is 3.96. The molecule has 1 N–H and O–H groups in total. The Bertz CT molecular complexity index is 1550. The Hall–Kier alpha value is -2.22. The Labute approximate surface area is 337 Å². The zero-order valence-corrected chi connectivity index (χ0v) is 36.1. The highest BCUT2D eigenvalue weighted by molar-refractivity contribution is 5.85. The predicted molar refractivity (Wildman–Crippen MR) is 215 cm³/mol. The summed E-state index contributed by atoms with van der Waals surface area (Å²) in [6.07, 6.45) is 15.4. The molecule has 0 aromatic rings. The van der Waals surface area contributed by atoms with Crippen LogP contribution in [0.3, 0.4) is 0 Å². The van der Waals surface area contributed by atoms with Crippen LogP contribution in [0.4, 0.5) is 0 Å². The van der Waals surface area contributed by atoms with Gasteiger partial charge in [0.15, 0.2) is 6.10 Å². The minimum absolute atomic E-state index is 0.0206. The van der Waals surface area contributed by atoms with Gasteiger partial charge in [-0.05, 0) is 119 Å². The Morgan fingerprint density at radius 1 is 0.750 bits per heavy atom. The van der Waals surface area contributed by atoms with Gasteiger partial charge in [-0.15, -0.1) is 0 Å². The minimum Gasteiger partial charge on any atom is -0.461 e. The van der Waals surface area contributed by atoms with Gasteiger partial charge in [-0.2, -0.15) is 0 Å². The Kier molecular flexibility index (Phi) is 11.5. The molecule has 0 bridgehead atoms. The maximum absolute atomic E-state index is 14.0. The van der Waals surface area contributed by atoms with E-state index in [9.17, 15) is 24.3 Å². The van der Waals surface area contributed by atoms with Gasteiger partial charge in [-0.1, -0.05) is 91.2 Å². The number of fused-ring (bicyclic) bond motifs is 5. The fraction of sp³-hybridized carbons (Fsp3) is 0.875. The summed E-state index contributed by atoms with van der Waals surface area (Å²) in [5, 5.41) is 11.6. The molecule has 314 valence electrons. The standard InChI is InChI=1S/C48H74O8/c1-29(27-36(55-42(51)31-17-11-12-18-31)40(45(4,5)53)56-43(52)32-19-13-14-20-32)33-21-25-47(7)34(33)28-35(54-41(50)30-15-9-10-16-30)39-46(6)24-23-38(49)44(2,3)37(46)22-26-48(39,47)8/h29-32,35-37,39-40,53H,9-28H2,1-8H3/t29-,35+,36+,37+,39+,40-,46+,47+,48+/m1/s1. The summed E-state index contributed by atoms with van der Waals surface area (Å²) in [4.78, 5) is 54.8. The lowest BCUT2D eigenvalue weighted by Gasteiger charge is -2.69. The lowest BCUT2D eigenvalue weighted by Crippen LogP contribution is -2.66. The van der Waals surface area contributed by atoms with Crippen molar-refractivity contribution in [2.45, 2.75) is 208 Å². The van der Waals surface area contributed by atoms with Crippen molar-refractivity contribution in [1.29, 1.82) is 0 Å². The monoisotopic (exact) mass is 779 g/mol. The summed E-state index contributed by atoms with van der Waals surface area (Å²) in [6, 6.07) is 0. The van der Waals surface area contributed by atoms with Gasteiger partial charge in [-0.25, -0.2) is 0 Å². The molecule has 0 unspecified atom stereocenters. The fourth-order valence-electron chi connectivity index (χ4n) is 14.3. The Morgan fingerprint density at radius 3 is 1.84 bits per heavy atom. The topological polar surface area (TPSA) is 116 Å². The van der Waals surface area contributed by atoms with Crippen LogP contribution in [0.5, 0.6) is 0 Å². The fourth-order valence-corrected chi connectivity index (χ4v) is 14.3. The van der Waals surface area contributed by atoms with E-state index in [4.69, 9.17) is 14.2 Å². The number of aliphatic hydroxyl groups is 1. The molecule has 0 aliphatic heterocycles. The van der Waals surface area contributed by atoms with Crippen LogP contribution < -0.4 is 0 Å². The van der Waals surface area contributed by atoms with E-state index in [-0.39, 0.29) is 75.8 Å². The molecule has 7 aliphatic rings. The molecule has 6 saturated carbocycles. The molecule has 0 amide bonds. The van der Waals surface area contributed by atoms with E-state index >= 15 is 0 Å². The van der Waals surface area contributed by atoms with E-state index < -0.39 is 23.2 Å². The highest BCUT2D eigenvalue weighted by Crippen LogP contribution is 2.74. The zero-order chi connectivity index (χ0) is 40.4. The van der Waals surface area contributed by atoms with E-state index in [0.29, 0.717) is 25.0 Å². The van der Waals surface area contributed by atoms with Crippen molar-refractivity contribution >= 4 is 23.7 Å². The van der Waals surface area contributed by atoms with Crippen LogP contribution in [0, 0.1) is 57.2 Å². The van der Waals surface area contributed by atoms with Crippen molar-refractivity contribution < 1.29 is 38.5 Å². The molecule has 6 fully saturated rings. The third-order valence-corrected chi connectivity index (χ3v) is 17.7. The highest BCUT2D eigenvalue weighted by atomic mass is 16.6. The van der Waals surface area contributed by atoms with Gasteiger partial charge in [0, 0.05) is 24.2 Å². The normalized spacial score (nSPS) is 36.7. The van der Waals surface area contributed by atoms with E-state index in [2.05, 4.69) is 41.5 Å². The summed E-state index contributed by atoms with van der Waals surface area (Å²) >= 11 is 0. The smallest absolute Gasteiger partial charge is 0.309 e. The summed E-state index contributed by atoms with van der Waals surface area (Å²) in [5.74, 6) is -0.269. The predicted octanol–water partition coefficient (Wildman–Crippen LogP) is 10.0. The van der Waals surface area contributed by atoms with Crippen LogP contribution in [0.25, 0.3) is 0 Å². The molecule has 0 aromatic heterocycles. The molecule has 0 heterocycles. The number of hydrogen-bond acceptors (Lipinski definition) is 8. The molecule has 8 heteroatoms. The number of hydrogen-bond donors (Lipinski definition) is 1. The van der Waals surface area contributed by atoms with Crippen LogP contribution in [-0.4, -0.2) is 52.7 Å². The van der Waals surface area contributed by atoms with Crippen molar-refractivity contribution in [2.75, 3.05) is 0 Å². The van der Waals surface area contributed by atoms with E-state index in [1.54, 1.807) is 13.8 Å². The second-order valence-electron chi connectivity index (χ2n) is 21.7. The van der Waals surface area contributed by atoms with Gasteiger partial charge < -0.3 is 19.3 Å². The quantitative estimate of drug-likeness (QED) is 0.125. The molecule has 0 aromatic carbocycles. The minimum atomic E-state index is -1.43. The van der Waals surface area contributed by atoms with Crippen LogP contribution in [0.15, 0.2) is 11.1 Å². The van der Waals surface area contributed by atoms with Crippen LogP contribution in [0.1, 0.15) is 184 Å². The molecule has 9 atom stereocenters. The molecule has 7 rings (SSSR count). The number of ether oxygens (including phenoxy) is 3. The van der Waals surface area contributed by atoms with Gasteiger partial charge in [0.25, 0.3) is 0 Å². The summed E-state index contributed by atoms with van der Waals surface area (Å²) < 4.78 is 19.5. The van der Waals surface area contributed by atoms with Crippen molar-refractivity contribution in [2.24, 2.45) is 57.2 Å². The summed E-state index contributed by atoms with van der Waals surface area (Å²) in [7, 11) is 0. The highest BCUT2D eigenvalue weighted by Gasteiger charge is 2.70. The number of carbonyl (C=O) groups is 4. The first-order valence-electron chi connectivity index (χ1n) is 22.9. The van der Waals surface area contributed by atoms with Gasteiger partial charge in [0.1, 0.15) is 18.0 Å². The third-order valence-electron chi connectivity index (χ3n) is 17.7. The molecule has 56 heavy (non-hydrogen) atoms. The molecule has 0 saturated heterocycles. The van der Waals surface area contributed by atoms with Crippen molar-refractivity contribution in [3.05, 3.63) is 11.1 Å². The summed E-state index contributed by atoms with van der Waals surface area (Å²) in [6.45, 7) is 17.2. The zero-order valence-electron chi connectivity index (χ0n) is 36.1. The van der Waals surface area contributed by atoms with E-state index in [1.807, 2.05) is 0 Å². The maximum atomic E-state index is 14.0. The van der Waals surface area contributed by atoms with E-state index in [1.165, 1.54) is 11.1 Å². The number of Topliss-reactive ketones (excluding diaryl/α,β-unsaturated/α-hetero) is 1. The van der Waals surface area contributed by atoms with Crippen molar-refractivity contribution in [3.63, 3.8) is 0 Å². The van der Waals surface area contributed by atoms with Crippen LogP contribution in [0.2, 0.25) is 0 Å². The van der Waals surface area contributed by atoms with Crippen LogP contribution in [-0.2, 0) is 33.4 Å². The van der Waals surface area contributed by atoms with Crippen molar-refractivity contribution in [3.8, 4) is 0 Å². The molecular formula is C48H74O8. The maximum Gasteiger partial charge on any atom is 0.309 e. The van der Waals surface area contributed by atoms with E-state index in [0.717, 1.165) is 109 Å². The first-order valence-corrected chi connectivity index (χ1v) is 22.9. The second-order valence-corrected chi connectivity index (χ2v) is 21.7. The van der Waals surface area contributed by atoms with Gasteiger partial charge in [0.2, 0.25) is 0 Å². The Balaban J connectivity index is 1.24. The first-order chi connectivity index (χ1) is 26.3. The summed E-state index contributed by atoms with van der Waals surface area (Å²) in [5.41, 5.74) is 0.484. The number of rotatable bonds is 11. The molecule has 0 spiro atoms. The largest absolute Gasteiger partial charge is 0.461 e. The lowest BCUT2D eigenvalue weighted by atomic mass is 9.36. The lowest BCUT2D eigenvalue weighted by molar-refractivity contribution is -0.219.